The molecule has 0 radical (unpaired) electrons. The molecule has 0 bridgehead atoms. The maximum Gasteiger partial charge on any atom is 0.0705 e. The summed E-state index contributed by atoms with van der Waals surface area (Å²) in [6.45, 7) is 3.41. The van der Waals surface area contributed by atoms with Gasteiger partial charge in [0.25, 0.3) is 0 Å². The Morgan fingerprint density at radius 3 is 2.79 bits per heavy atom. The molecule has 19 heavy (non-hydrogen) atoms. The number of aromatic nitrogens is 1. The molecule has 3 nitrogen and oxygen atoms in total. The van der Waals surface area contributed by atoms with E-state index >= 15 is 0 Å². The van der Waals surface area contributed by atoms with E-state index in [1.54, 1.807) is 0 Å². The van der Waals surface area contributed by atoms with Gasteiger partial charge in [0.05, 0.1) is 5.52 Å². The lowest BCUT2D eigenvalue weighted by atomic mass is 10.0. The molecule has 3 rings (SSSR count). The molecule has 0 spiro atoms. The molecule has 2 heterocycles. The summed E-state index contributed by atoms with van der Waals surface area (Å²) in [6, 6.07) is 11.3. The number of fused-ring (bicyclic) bond motifs is 1. The van der Waals surface area contributed by atoms with E-state index < -0.39 is 0 Å². The Labute approximate surface area is 114 Å². The first-order valence-corrected chi connectivity index (χ1v) is 7.09. The van der Waals surface area contributed by atoms with Crippen LogP contribution in [0.5, 0.6) is 0 Å². The Balaban J connectivity index is 1.75. The van der Waals surface area contributed by atoms with Crippen LogP contribution in [0.3, 0.4) is 0 Å². The Hall–Kier alpha value is -1.45. The van der Waals surface area contributed by atoms with Gasteiger partial charge in [0.15, 0.2) is 0 Å². The number of piperidine rings is 1. The highest BCUT2D eigenvalue weighted by atomic mass is 15.1. The fourth-order valence-electron chi connectivity index (χ4n) is 2.91. The smallest absolute Gasteiger partial charge is 0.0705 e. The highest BCUT2D eigenvalue weighted by Gasteiger charge is 2.18. The van der Waals surface area contributed by atoms with Crippen LogP contribution in [-0.2, 0) is 6.54 Å². The Kier molecular flexibility index (Phi) is 3.76. The van der Waals surface area contributed by atoms with Gasteiger partial charge in [-0.1, -0.05) is 18.2 Å². The van der Waals surface area contributed by atoms with Crippen LogP contribution in [0.2, 0.25) is 0 Å². The molecule has 100 valence electrons. The zero-order chi connectivity index (χ0) is 13.1. The highest BCUT2D eigenvalue weighted by molar-refractivity contribution is 5.81. The van der Waals surface area contributed by atoms with Crippen molar-refractivity contribution in [3.63, 3.8) is 0 Å². The van der Waals surface area contributed by atoms with Crippen molar-refractivity contribution < 1.29 is 0 Å². The molecule has 1 aliphatic rings. The van der Waals surface area contributed by atoms with Crippen LogP contribution in [0.15, 0.2) is 36.5 Å². The van der Waals surface area contributed by atoms with Crippen molar-refractivity contribution in [1.29, 1.82) is 0 Å². The van der Waals surface area contributed by atoms with Gasteiger partial charge in [-0.3, -0.25) is 9.88 Å². The molecule has 1 saturated heterocycles. The van der Waals surface area contributed by atoms with E-state index in [0.717, 1.165) is 12.1 Å². The minimum atomic E-state index is 0.699. The highest BCUT2D eigenvalue weighted by Crippen LogP contribution is 2.20. The first kappa shape index (κ1) is 12.6. The van der Waals surface area contributed by atoms with Crippen molar-refractivity contribution in [1.82, 2.24) is 15.2 Å². The third-order valence-corrected chi connectivity index (χ3v) is 4.13. The van der Waals surface area contributed by atoms with Gasteiger partial charge in [-0.2, -0.15) is 0 Å². The minimum absolute atomic E-state index is 0.699. The Morgan fingerprint density at radius 1 is 1.21 bits per heavy atom. The van der Waals surface area contributed by atoms with Crippen LogP contribution in [0, 0.1) is 0 Å². The summed E-state index contributed by atoms with van der Waals surface area (Å²) in [5.41, 5.74) is 2.50. The van der Waals surface area contributed by atoms with Gasteiger partial charge in [0.1, 0.15) is 0 Å². The number of likely N-dealkylation sites (tertiary alicyclic amines) is 1. The van der Waals surface area contributed by atoms with E-state index in [9.17, 15) is 0 Å². The summed E-state index contributed by atoms with van der Waals surface area (Å²) in [4.78, 5) is 6.98. The normalized spacial score (nSPS) is 17.9. The number of para-hydroxylation sites is 1. The van der Waals surface area contributed by atoms with Gasteiger partial charge in [-0.25, -0.2) is 0 Å². The molecule has 1 aliphatic heterocycles. The van der Waals surface area contributed by atoms with Gasteiger partial charge in [0, 0.05) is 24.2 Å². The van der Waals surface area contributed by atoms with Crippen molar-refractivity contribution in [2.45, 2.75) is 25.4 Å². The number of benzene rings is 1. The van der Waals surface area contributed by atoms with Gasteiger partial charge in [-0.05, 0) is 50.7 Å². The van der Waals surface area contributed by atoms with E-state index in [1.807, 2.05) is 6.20 Å². The van der Waals surface area contributed by atoms with Crippen LogP contribution < -0.4 is 5.32 Å². The number of hydrogen-bond donors (Lipinski definition) is 1. The molecule has 1 aromatic heterocycles. The van der Waals surface area contributed by atoms with Crippen molar-refractivity contribution in [3.05, 3.63) is 42.1 Å². The van der Waals surface area contributed by atoms with Crippen LogP contribution in [0.25, 0.3) is 10.9 Å². The minimum Gasteiger partial charge on any atom is -0.317 e. The Morgan fingerprint density at radius 2 is 2.00 bits per heavy atom. The Bertz CT molecular complexity index is 539. The lowest BCUT2D eigenvalue weighted by Gasteiger charge is -2.31. The summed E-state index contributed by atoms with van der Waals surface area (Å²) in [6.07, 6.45) is 4.43. The van der Waals surface area contributed by atoms with Gasteiger partial charge < -0.3 is 5.32 Å². The quantitative estimate of drug-likeness (QED) is 0.913. The van der Waals surface area contributed by atoms with Crippen LogP contribution in [0.1, 0.15) is 18.4 Å². The second-order valence-corrected chi connectivity index (χ2v) is 5.33. The fraction of sp³-hybridized carbons (Fsp3) is 0.438. The average molecular weight is 255 g/mol. The molecular formula is C16H21N3. The zero-order valence-corrected chi connectivity index (χ0v) is 11.5. The lowest BCUT2D eigenvalue weighted by Crippen LogP contribution is -2.40. The zero-order valence-electron chi connectivity index (χ0n) is 11.5. The topological polar surface area (TPSA) is 28.2 Å². The maximum absolute atomic E-state index is 4.43. The predicted molar refractivity (Wildman–Crippen MR) is 79.1 cm³/mol. The molecule has 0 aliphatic carbocycles. The van der Waals surface area contributed by atoms with Crippen molar-refractivity contribution in [2.75, 3.05) is 20.1 Å². The summed E-state index contributed by atoms with van der Waals surface area (Å²) < 4.78 is 0. The number of nitrogens with zero attached hydrogens (tertiary/aromatic N) is 2. The largest absolute Gasteiger partial charge is 0.317 e. The summed E-state index contributed by atoms with van der Waals surface area (Å²) in [5.74, 6) is 0. The monoisotopic (exact) mass is 255 g/mol. The summed E-state index contributed by atoms with van der Waals surface area (Å²) in [7, 11) is 2.07. The van der Waals surface area contributed by atoms with Gasteiger partial charge in [0.2, 0.25) is 0 Å². The molecule has 0 saturated carbocycles. The molecular weight excluding hydrogens is 234 g/mol. The third-order valence-electron chi connectivity index (χ3n) is 4.13. The predicted octanol–water partition coefficient (Wildman–Crippen LogP) is 2.42. The number of rotatable bonds is 3. The molecule has 0 atom stereocenters. The van der Waals surface area contributed by atoms with E-state index in [2.05, 4.69) is 52.6 Å². The average Bonchev–Trinajstić information content (AvgIpc) is 2.48. The van der Waals surface area contributed by atoms with Gasteiger partial charge in [-0.15, -0.1) is 0 Å². The van der Waals surface area contributed by atoms with E-state index in [4.69, 9.17) is 0 Å². The van der Waals surface area contributed by atoms with E-state index in [0.29, 0.717) is 6.04 Å². The van der Waals surface area contributed by atoms with Gasteiger partial charge >= 0.3 is 0 Å². The molecule has 3 heteroatoms. The molecule has 1 aromatic carbocycles. The second kappa shape index (κ2) is 5.68. The van der Waals surface area contributed by atoms with Crippen LogP contribution in [0.4, 0.5) is 0 Å². The number of pyridine rings is 1. The molecule has 0 amide bonds. The van der Waals surface area contributed by atoms with Crippen LogP contribution >= 0.6 is 0 Å². The maximum atomic E-state index is 4.43. The summed E-state index contributed by atoms with van der Waals surface area (Å²) in [5, 5.41) is 4.67. The first-order chi connectivity index (χ1) is 9.36. The number of nitrogens with one attached hydrogen (secondary N) is 1. The van der Waals surface area contributed by atoms with Crippen molar-refractivity contribution in [3.8, 4) is 0 Å². The second-order valence-electron chi connectivity index (χ2n) is 5.33. The standard InChI is InChI=1S/C16H21N3/c1-17-14-7-10-19(11-8-14)12-13-6-9-18-16-5-3-2-4-15(13)16/h2-6,9,14,17H,7-8,10-12H2,1H3. The lowest BCUT2D eigenvalue weighted by molar-refractivity contribution is 0.195. The summed E-state index contributed by atoms with van der Waals surface area (Å²) >= 11 is 0. The fourth-order valence-corrected chi connectivity index (χ4v) is 2.91. The molecule has 1 N–H and O–H groups in total. The molecule has 1 fully saturated rings. The third kappa shape index (κ3) is 2.77. The van der Waals surface area contributed by atoms with E-state index in [1.165, 1.54) is 36.9 Å². The SMILES string of the molecule is CNC1CCN(Cc2ccnc3ccccc23)CC1. The molecule has 2 aromatic rings. The van der Waals surface area contributed by atoms with E-state index in [-0.39, 0.29) is 0 Å². The number of hydrogen-bond acceptors (Lipinski definition) is 3. The van der Waals surface area contributed by atoms with Crippen molar-refractivity contribution in [2.24, 2.45) is 0 Å². The first-order valence-electron chi connectivity index (χ1n) is 7.09. The van der Waals surface area contributed by atoms with Crippen molar-refractivity contribution >= 4 is 10.9 Å². The van der Waals surface area contributed by atoms with Crippen LogP contribution in [-0.4, -0.2) is 36.1 Å². The molecule has 0 unspecified atom stereocenters.